The summed E-state index contributed by atoms with van der Waals surface area (Å²) in [5.41, 5.74) is 0.00486. The fourth-order valence-electron chi connectivity index (χ4n) is 2.34. The van der Waals surface area contributed by atoms with Crippen molar-refractivity contribution in [2.24, 2.45) is 11.8 Å². The van der Waals surface area contributed by atoms with Crippen LogP contribution in [0.5, 0.6) is 0 Å². The molecule has 1 fully saturated rings. The van der Waals surface area contributed by atoms with E-state index in [1.54, 1.807) is 6.07 Å². The van der Waals surface area contributed by atoms with Crippen molar-refractivity contribution in [2.45, 2.75) is 6.18 Å². The molecule has 1 aliphatic heterocycles. The van der Waals surface area contributed by atoms with Gasteiger partial charge in [-0.15, -0.1) is 0 Å². The van der Waals surface area contributed by atoms with Gasteiger partial charge in [-0.25, -0.2) is 9.78 Å². The van der Waals surface area contributed by atoms with E-state index in [0.29, 0.717) is 0 Å². The Morgan fingerprint density at radius 3 is 2.58 bits per heavy atom. The van der Waals surface area contributed by atoms with Crippen molar-refractivity contribution >= 4 is 29.3 Å². The van der Waals surface area contributed by atoms with Crippen molar-refractivity contribution < 1.29 is 27.9 Å². The number of pyridine rings is 1. The standard InChI is InChI=1S/C13H10ClF3N4O3/c14-9-1-6(3-19-10(9)2-18)20-12(24)21-4-7(11(22)23)8(5-21)13(15,16)17/h1,3,7-8H,4-5H2,(H,20,24)(H,22,23)/t7-,8-/m1/s1. The fraction of sp³-hybridized carbons (Fsp3) is 0.385. The molecule has 2 amide bonds. The van der Waals surface area contributed by atoms with Crippen LogP contribution in [0.2, 0.25) is 5.02 Å². The highest BCUT2D eigenvalue weighted by Gasteiger charge is 2.53. The number of nitrogens with one attached hydrogen (secondary N) is 1. The van der Waals surface area contributed by atoms with Crippen molar-refractivity contribution in [3.8, 4) is 6.07 Å². The van der Waals surface area contributed by atoms with E-state index in [1.165, 1.54) is 6.07 Å². The van der Waals surface area contributed by atoms with Gasteiger partial charge in [0.1, 0.15) is 6.07 Å². The minimum Gasteiger partial charge on any atom is -0.481 e. The number of carboxylic acid groups (broad SMARTS) is 1. The van der Waals surface area contributed by atoms with Crippen LogP contribution in [0.3, 0.4) is 0 Å². The van der Waals surface area contributed by atoms with E-state index in [-0.39, 0.29) is 16.4 Å². The molecule has 1 saturated heterocycles. The average molecular weight is 363 g/mol. The Bertz CT molecular complexity index is 719. The number of aromatic nitrogens is 1. The molecule has 2 heterocycles. The molecule has 128 valence electrons. The number of hydrogen-bond donors (Lipinski definition) is 2. The van der Waals surface area contributed by atoms with Gasteiger partial charge in [-0.3, -0.25) is 4.79 Å². The highest BCUT2D eigenvalue weighted by molar-refractivity contribution is 6.31. The van der Waals surface area contributed by atoms with Crippen molar-refractivity contribution in [1.82, 2.24) is 9.88 Å². The zero-order valence-electron chi connectivity index (χ0n) is 11.8. The molecule has 2 atom stereocenters. The first kappa shape index (κ1) is 17.8. The quantitative estimate of drug-likeness (QED) is 0.839. The maximum Gasteiger partial charge on any atom is 0.394 e. The zero-order valence-corrected chi connectivity index (χ0v) is 12.6. The molecule has 0 saturated carbocycles. The van der Waals surface area contributed by atoms with Crippen LogP contribution in [0.15, 0.2) is 12.3 Å². The first-order valence-corrected chi connectivity index (χ1v) is 6.92. The molecule has 0 radical (unpaired) electrons. The number of nitrogens with zero attached hydrogens (tertiary/aromatic N) is 3. The lowest BCUT2D eigenvalue weighted by Gasteiger charge is -2.18. The van der Waals surface area contributed by atoms with Crippen molar-refractivity contribution in [1.29, 1.82) is 5.26 Å². The summed E-state index contributed by atoms with van der Waals surface area (Å²) >= 11 is 5.74. The minimum atomic E-state index is -4.72. The third-order valence-electron chi connectivity index (χ3n) is 3.54. The van der Waals surface area contributed by atoms with E-state index < -0.39 is 43.1 Å². The van der Waals surface area contributed by atoms with Gasteiger partial charge in [0.25, 0.3) is 0 Å². The molecule has 0 spiro atoms. The van der Waals surface area contributed by atoms with Crippen LogP contribution in [0.1, 0.15) is 5.69 Å². The summed E-state index contributed by atoms with van der Waals surface area (Å²) < 4.78 is 38.7. The molecule has 0 aromatic carbocycles. The fourth-order valence-corrected chi connectivity index (χ4v) is 2.55. The number of likely N-dealkylation sites (tertiary alicyclic amines) is 1. The summed E-state index contributed by atoms with van der Waals surface area (Å²) in [7, 11) is 0. The van der Waals surface area contributed by atoms with Gasteiger partial charge < -0.3 is 15.3 Å². The van der Waals surface area contributed by atoms with Crippen molar-refractivity contribution in [2.75, 3.05) is 18.4 Å². The molecule has 7 nitrogen and oxygen atoms in total. The van der Waals surface area contributed by atoms with Crippen LogP contribution in [-0.4, -0.2) is 46.3 Å². The van der Waals surface area contributed by atoms with E-state index in [9.17, 15) is 22.8 Å². The molecule has 11 heteroatoms. The second kappa shape index (κ2) is 6.52. The number of nitriles is 1. The molecule has 1 aromatic heterocycles. The lowest BCUT2D eigenvalue weighted by atomic mass is 9.96. The highest BCUT2D eigenvalue weighted by atomic mass is 35.5. The number of halogens is 4. The van der Waals surface area contributed by atoms with Gasteiger partial charge in [0, 0.05) is 13.1 Å². The lowest BCUT2D eigenvalue weighted by Crippen LogP contribution is -2.35. The van der Waals surface area contributed by atoms with Crippen LogP contribution >= 0.6 is 11.6 Å². The van der Waals surface area contributed by atoms with Gasteiger partial charge in [-0.1, -0.05) is 11.6 Å². The first-order chi connectivity index (χ1) is 11.1. The Kier molecular flexibility index (Phi) is 4.84. The molecular weight excluding hydrogens is 353 g/mol. The molecule has 0 unspecified atom stereocenters. The van der Waals surface area contributed by atoms with Crippen LogP contribution < -0.4 is 5.32 Å². The Morgan fingerprint density at radius 1 is 1.46 bits per heavy atom. The van der Waals surface area contributed by atoms with E-state index in [0.717, 1.165) is 11.1 Å². The molecule has 2 rings (SSSR count). The topological polar surface area (TPSA) is 106 Å². The number of amides is 2. The highest BCUT2D eigenvalue weighted by Crippen LogP contribution is 2.37. The third-order valence-corrected chi connectivity index (χ3v) is 3.83. The van der Waals surface area contributed by atoms with Crippen LogP contribution in [0.4, 0.5) is 23.7 Å². The predicted octanol–water partition coefficient (Wildman–Crippen LogP) is 2.33. The van der Waals surface area contributed by atoms with Gasteiger partial charge in [0.2, 0.25) is 0 Å². The third kappa shape index (κ3) is 3.68. The number of aliphatic carboxylic acids is 1. The van der Waals surface area contributed by atoms with Gasteiger partial charge in [0.15, 0.2) is 5.69 Å². The van der Waals surface area contributed by atoms with Crippen LogP contribution in [-0.2, 0) is 4.79 Å². The van der Waals surface area contributed by atoms with Crippen LogP contribution in [0, 0.1) is 23.2 Å². The molecule has 2 N–H and O–H groups in total. The number of anilines is 1. The SMILES string of the molecule is N#Cc1ncc(NC(=O)N2C[C@@H](C(F)(F)F)[C@H](C(=O)O)C2)cc1Cl. The maximum absolute atomic E-state index is 12.9. The van der Waals surface area contributed by atoms with E-state index in [4.69, 9.17) is 22.0 Å². The zero-order chi connectivity index (χ0) is 18.1. The number of carbonyl (C=O) groups is 2. The summed E-state index contributed by atoms with van der Waals surface area (Å²) in [5, 5.41) is 19.9. The van der Waals surface area contributed by atoms with Crippen molar-refractivity contribution in [3.63, 3.8) is 0 Å². The smallest absolute Gasteiger partial charge is 0.394 e. The normalized spacial score (nSPS) is 20.5. The summed E-state index contributed by atoms with van der Waals surface area (Å²) in [5.74, 6) is -5.47. The number of urea groups is 1. The predicted molar refractivity (Wildman–Crippen MR) is 75.2 cm³/mol. The Balaban J connectivity index is 2.12. The van der Waals surface area contributed by atoms with Crippen molar-refractivity contribution in [3.05, 3.63) is 23.0 Å². The molecular formula is C13H10ClF3N4O3. The molecule has 0 bridgehead atoms. The Labute approximate surface area is 138 Å². The van der Waals surface area contributed by atoms with Crippen LogP contribution in [0.25, 0.3) is 0 Å². The molecule has 0 aliphatic carbocycles. The molecule has 1 aromatic rings. The molecule has 24 heavy (non-hydrogen) atoms. The Morgan fingerprint density at radius 2 is 2.12 bits per heavy atom. The number of alkyl halides is 3. The van der Waals surface area contributed by atoms with Gasteiger partial charge in [-0.2, -0.15) is 18.4 Å². The van der Waals surface area contributed by atoms with E-state index in [1.807, 2.05) is 0 Å². The number of rotatable bonds is 2. The summed E-state index contributed by atoms with van der Waals surface area (Å²) in [6.45, 7) is -1.33. The number of carbonyl (C=O) groups excluding carboxylic acids is 1. The lowest BCUT2D eigenvalue weighted by molar-refractivity contribution is -0.187. The maximum atomic E-state index is 12.9. The largest absolute Gasteiger partial charge is 0.481 e. The van der Waals surface area contributed by atoms with Gasteiger partial charge >= 0.3 is 18.2 Å². The average Bonchev–Trinajstić information content (AvgIpc) is 2.93. The second-order valence-corrected chi connectivity index (χ2v) is 5.50. The van der Waals surface area contributed by atoms with Gasteiger partial charge in [0.05, 0.1) is 28.7 Å². The summed E-state index contributed by atoms with van der Waals surface area (Å²) in [6, 6.07) is 2.03. The first-order valence-electron chi connectivity index (χ1n) is 6.54. The van der Waals surface area contributed by atoms with E-state index >= 15 is 0 Å². The van der Waals surface area contributed by atoms with Gasteiger partial charge in [-0.05, 0) is 6.07 Å². The summed E-state index contributed by atoms with van der Waals surface area (Å²) in [6.07, 6.45) is -3.61. The molecule has 1 aliphatic rings. The van der Waals surface area contributed by atoms with E-state index in [2.05, 4.69) is 10.3 Å². The minimum absolute atomic E-state index is 0.0340. The summed E-state index contributed by atoms with van der Waals surface area (Å²) in [4.78, 5) is 27.5. The number of hydrogen-bond acceptors (Lipinski definition) is 4. The number of carboxylic acids is 1. The monoisotopic (exact) mass is 362 g/mol. The second-order valence-electron chi connectivity index (χ2n) is 5.09. The Hall–Kier alpha value is -2.54.